The van der Waals surface area contributed by atoms with Crippen molar-refractivity contribution in [3.8, 4) is 5.75 Å². The molecule has 0 aliphatic carbocycles. The molecule has 0 N–H and O–H groups in total. The molecule has 0 amide bonds. The summed E-state index contributed by atoms with van der Waals surface area (Å²) in [7, 11) is 0. The SMILES string of the molecule is FCOc1csc2ncccc12. The van der Waals surface area contributed by atoms with Crippen LogP contribution in [0.25, 0.3) is 10.2 Å². The summed E-state index contributed by atoms with van der Waals surface area (Å²) < 4.78 is 16.6. The summed E-state index contributed by atoms with van der Waals surface area (Å²) in [5, 5.41) is 2.64. The van der Waals surface area contributed by atoms with Gasteiger partial charge in [0.25, 0.3) is 0 Å². The van der Waals surface area contributed by atoms with Gasteiger partial charge in [-0.25, -0.2) is 9.37 Å². The minimum Gasteiger partial charge on any atom is -0.461 e. The minimum atomic E-state index is -0.791. The first-order chi connectivity index (χ1) is 5.92. The first kappa shape index (κ1) is 7.49. The summed E-state index contributed by atoms with van der Waals surface area (Å²) in [5.74, 6) is 0.575. The van der Waals surface area contributed by atoms with Crippen LogP contribution in [0.3, 0.4) is 0 Å². The number of hydrogen-bond donors (Lipinski definition) is 0. The molecule has 2 heterocycles. The number of fused-ring (bicyclic) bond motifs is 1. The van der Waals surface area contributed by atoms with Gasteiger partial charge < -0.3 is 4.74 Å². The number of hydrogen-bond acceptors (Lipinski definition) is 3. The van der Waals surface area contributed by atoms with Gasteiger partial charge >= 0.3 is 0 Å². The fourth-order valence-corrected chi connectivity index (χ4v) is 1.85. The fraction of sp³-hybridized carbons (Fsp3) is 0.125. The van der Waals surface area contributed by atoms with E-state index in [0.717, 1.165) is 10.2 Å². The second-order valence-electron chi connectivity index (χ2n) is 2.21. The van der Waals surface area contributed by atoms with Crippen LogP contribution in [0.1, 0.15) is 0 Å². The molecule has 2 aromatic heterocycles. The molecule has 2 nitrogen and oxygen atoms in total. The lowest BCUT2D eigenvalue weighted by Crippen LogP contribution is -1.87. The molecule has 0 bridgehead atoms. The van der Waals surface area contributed by atoms with Crippen molar-refractivity contribution in [2.75, 3.05) is 6.86 Å². The maximum absolute atomic E-state index is 11.8. The molecule has 0 aliphatic rings. The minimum absolute atomic E-state index is 0.575. The number of aromatic nitrogens is 1. The van der Waals surface area contributed by atoms with E-state index in [4.69, 9.17) is 4.74 Å². The third kappa shape index (κ3) is 1.14. The van der Waals surface area contributed by atoms with Gasteiger partial charge in [-0.15, -0.1) is 11.3 Å². The van der Waals surface area contributed by atoms with Crippen LogP contribution in [0.15, 0.2) is 23.7 Å². The summed E-state index contributed by atoms with van der Waals surface area (Å²) in [6.45, 7) is -0.791. The number of rotatable bonds is 2. The molecular weight excluding hydrogens is 177 g/mol. The molecule has 0 radical (unpaired) electrons. The smallest absolute Gasteiger partial charge is 0.228 e. The Labute approximate surface area is 72.6 Å². The van der Waals surface area contributed by atoms with E-state index in [2.05, 4.69) is 4.98 Å². The molecule has 4 heteroatoms. The van der Waals surface area contributed by atoms with Gasteiger partial charge in [0, 0.05) is 11.6 Å². The van der Waals surface area contributed by atoms with Gasteiger partial charge in [0.2, 0.25) is 6.86 Å². The van der Waals surface area contributed by atoms with Gasteiger partial charge in [-0.2, -0.15) is 0 Å². The zero-order valence-electron chi connectivity index (χ0n) is 6.16. The highest BCUT2D eigenvalue weighted by molar-refractivity contribution is 7.17. The van der Waals surface area contributed by atoms with Crippen molar-refractivity contribution < 1.29 is 9.13 Å². The number of pyridine rings is 1. The van der Waals surface area contributed by atoms with Crippen LogP contribution in [-0.4, -0.2) is 11.8 Å². The number of ether oxygens (including phenoxy) is 1. The molecule has 62 valence electrons. The molecule has 0 atom stereocenters. The molecule has 12 heavy (non-hydrogen) atoms. The monoisotopic (exact) mass is 183 g/mol. The van der Waals surface area contributed by atoms with Crippen LogP contribution in [0.4, 0.5) is 4.39 Å². The third-order valence-corrected chi connectivity index (χ3v) is 2.40. The van der Waals surface area contributed by atoms with Crippen LogP contribution >= 0.6 is 11.3 Å². The Morgan fingerprint density at radius 2 is 2.50 bits per heavy atom. The predicted molar refractivity (Wildman–Crippen MR) is 46.2 cm³/mol. The van der Waals surface area contributed by atoms with Crippen LogP contribution in [0, 0.1) is 0 Å². The molecule has 0 aliphatic heterocycles. The van der Waals surface area contributed by atoms with Crippen molar-refractivity contribution in [2.24, 2.45) is 0 Å². The van der Waals surface area contributed by atoms with E-state index in [0.29, 0.717) is 5.75 Å². The number of thiophene rings is 1. The molecule has 2 rings (SSSR count). The van der Waals surface area contributed by atoms with Gasteiger partial charge in [0.15, 0.2) is 0 Å². The molecule has 0 aromatic carbocycles. The zero-order chi connectivity index (χ0) is 8.39. The van der Waals surface area contributed by atoms with Crippen molar-refractivity contribution in [1.29, 1.82) is 0 Å². The Hall–Kier alpha value is -1.16. The van der Waals surface area contributed by atoms with Crippen LogP contribution in [0.5, 0.6) is 5.75 Å². The highest BCUT2D eigenvalue weighted by Crippen LogP contribution is 2.30. The summed E-state index contributed by atoms with van der Waals surface area (Å²) in [4.78, 5) is 4.98. The van der Waals surface area contributed by atoms with Crippen molar-refractivity contribution in [1.82, 2.24) is 4.98 Å². The Bertz CT molecular complexity index is 387. The highest BCUT2D eigenvalue weighted by Gasteiger charge is 2.03. The van der Waals surface area contributed by atoms with Crippen LogP contribution < -0.4 is 4.74 Å². The average molecular weight is 183 g/mol. The van der Waals surface area contributed by atoms with Gasteiger partial charge in [0.05, 0.1) is 5.39 Å². The normalized spacial score (nSPS) is 10.4. The molecule has 0 fully saturated rings. The fourth-order valence-electron chi connectivity index (χ4n) is 1.02. The standard InChI is InChI=1S/C8H6FNOS/c9-5-11-7-4-12-8-6(7)2-1-3-10-8/h1-4H,5H2. The molecule has 0 saturated heterocycles. The van der Waals surface area contributed by atoms with Gasteiger partial charge in [-0.3, -0.25) is 0 Å². The second-order valence-corrected chi connectivity index (χ2v) is 3.07. The Morgan fingerprint density at radius 3 is 3.33 bits per heavy atom. The number of alkyl halides is 1. The molecule has 2 aromatic rings. The Morgan fingerprint density at radius 1 is 1.58 bits per heavy atom. The third-order valence-electron chi connectivity index (χ3n) is 1.52. The zero-order valence-corrected chi connectivity index (χ0v) is 6.97. The van der Waals surface area contributed by atoms with E-state index >= 15 is 0 Å². The number of halogens is 1. The van der Waals surface area contributed by atoms with Crippen LogP contribution in [-0.2, 0) is 0 Å². The predicted octanol–water partition coefficient (Wildman–Crippen LogP) is 2.60. The second kappa shape index (κ2) is 3.06. The van der Waals surface area contributed by atoms with E-state index in [1.54, 1.807) is 17.6 Å². The first-order valence-corrected chi connectivity index (χ1v) is 4.31. The Balaban J connectivity index is 2.55. The van der Waals surface area contributed by atoms with Crippen molar-refractivity contribution in [2.45, 2.75) is 0 Å². The van der Waals surface area contributed by atoms with Gasteiger partial charge in [-0.1, -0.05) is 0 Å². The Kier molecular flexibility index (Phi) is 1.91. The van der Waals surface area contributed by atoms with Crippen molar-refractivity contribution >= 4 is 21.6 Å². The number of nitrogens with zero attached hydrogens (tertiary/aromatic N) is 1. The maximum atomic E-state index is 11.8. The quantitative estimate of drug-likeness (QED) is 0.714. The summed E-state index contributed by atoms with van der Waals surface area (Å²) >= 11 is 1.45. The van der Waals surface area contributed by atoms with Gasteiger partial charge in [0.1, 0.15) is 10.6 Å². The van der Waals surface area contributed by atoms with E-state index in [1.165, 1.54) is 11.3 Å². The van der Waals surface area contributed by atoms with E-state index < -0.39 is 6.86 Å². The average Bonchev–Trinajstić information content (AvgIpc) is 2.50. The lowest BCUT2D eigenvalue weighted by Gasteiger charge is -1.96. The maximum Gasteiger partial charge on any atom is 0.228 e. The lowest BCUT2D eigenvalue weighted by atomic mass is 10.3. The molecular formula is C8H6FNOS. The summed E-state index contributed by atoms with van der Waals surface area (Å²) in [6, 6.07) is 3.67. The molecule has 0 unspecified atom stereocenters. The lowest BCUT2D eigenvalue weighted by molar-refractivity contribution is 0.194. The largest absolute Gasteiger partial charge is 0.461 e. The molecule has 0 spiro atoms. The van der Waals surface area contributed by atoms with Crippen LogP contribution in [0.2, 0.25) is 0 Å². The van der Waals surface area contributed by atoms with Gasteiger partial charge in [-0.05, 0) is 12.1 Å². The summed E-state index contributed by atoms with van der Waals surface area (Å²) in [6.07, 6.45) is 1.71. The highest BCUT2D eigenvalue weighted by atomic mass is 32.1. The topological polar surface area (TPSA) is 22.1 Å². The molecule has 0 saturated carbocycles. The first-order valence-electron chi connectivity index (χ1n) is 3.43. The van der Waals surface area contributed by atoms with E-state index in [9.17, 15) is 4.39 Å². The van der Waals surface area contributed by atoms with E-state index in [-0.39, 0.29) is 0 Å². The van der Waals surface area contributed by atoms with E-state index in [1.807, 2.05) is 6.07 Å². The van der Waals surface area contributed by atoms with Crippen molar-refractivity contribution in [3.05, 3.63) is 23.7 Å². The summed E-state index contributed by atoms with van der Waals surface area (Å²) in [5.41, 5.74) is 0. The van der Waals surface area contributed by atoms with Crippen molar-refractivity contribution in [3.63, 3.8) is 0 Å².